The second-order valence-electron chi connectivity index (χ2n) is 5.66. The number of amides is 1. The van der Waals surface area contributed by atoms with Crippen LogP contribution in [0.4, 0.5) is 4.39 Å². The van der Waals surface area contributed by atoms with Crippen molar-refractivity contribution in [1.82, 2.24) is 10.2 Å². The first kappa shape index (κ1) is 16.0. The summed E-state index contributed by atoms with van der Waals surface area (Å²) in [7, 11) is 0. The van der Waals surface area contributed by atoms with E-state index in [1.807, 2.05) is 13.0 Å². The number of halogens is 1. The minimum atomic E-state index is -0.180. The molecule has 1 N–H and O–H groups in total. The van der Waals surface area contributed by atoms with Crippen molar-refractivity contribution in [3.8, 4) is 0 Å². The number of benzene rings is 1. The van der Waals surface area contributed by atoms with Crippen molar-refractivity contribution in [1.29, 1.82) is 0 Å². The highest BCUT2D eigenvalue weighted by atomic mass is 19.1. The second-order valence-corrected chi connectivity index (χ2v) is 5.66. The molecule has 0 saturated carbocycles. The van der Waals surface area contributed by atoms with E-state index in [2.05, 4.69) is 10.2 Å². The molecule has 1 aromatic rings. The quantitative estimate of drug-likeness (QED) is 0.903. The molecule has 116 valence electrons. The number of carbonyl (C=O) groups excluding carboxylic acids is 1. The van der Waals surface area contributed by atoms with E-state index in [9.17, 15) is 9.18 Å². The first-order chi connectivity index (χ1) is 10.2. The summed E-state index contributed by atoms with van der Waals surface area (Å²) in [5, 5.41) is 2.84. The molecule has 1 fully saturated rings. The maximum atomic E-state index is 13.5. The van der Waals surface area contributed by atoms with Crippen LogP contribution in [-0.4, -0.2) is 30.4 Å². The Balaban J connectivity index is 2.05. The third-order valence-corrected chi connectivity index (χ3v) is 4.10. The van der Waals surface area contributed by atoms with Gasteiger partial charge < -0.3 is 5.32 Å². The lowest BCUT2D eigenvalue weighted by atomic mass is 10.0. The van der Waals surface area contributed by atoms with E-state index in [1.54, 1.807) is 12.1 Å². The molecule has 0 bridgehead atoms. The summed E-state index contributed by atoms with van der Waals surface area (Å²) in [6, 6.07) is 7.13. The standard InChI is InChI=1S/C17H25FN2O/c1-2-19-17(21)10-12-20-11-5-3-4-9-16(20)14-7-6-8-15(18)13-14/h6-8,13,16H,2-5,9-12H2,1H3,(H,19,21). The summed E-state index contributed by atoms with van der Waals surface area (Å²) < 4.78 is 13.5. The molecule has 3 nitrogen and oxygen atoms in total. The first-order valence-corrected chi connectivity index (χ1v) is 7.97. The smallest absolute Gasteiger partial charge is 0.221 e. The SMILES string of the molecule is CCNC(=O)CCN1CCCCCC1c1cccc(F)c1. The van der Waals surface area contributed by atoms with Crippen molar-refractivity contribution in [3.05, 3.63) is 35.6 Å². The maximum Gasteiger partial charge on any atom is 0.221 e. The van der Waals surface area contributed by atoms with Crippen LogP contribution in [0.25, 0.3) is 0 Å². The van der Waals surface area contributed by atoms with Crippen LogP contribution in [0.2, 0.25) is 0 Å². The van der Waals surface area contributed by atoms with Crippen molar-refractivity contribution < 1.29 is 9.18 Å². The number of hydrogen-bond acceptors (Lipinski definition) is 2. The zero-order valence-corrected chi connectivity index (χ0v) is 12.8. The highest BCUT2D eigenvalue weighted by molar-refractivity contribution is 5.75. The Morgan fingerprint density at radius 3 is 3.00 bits per heavy atom. The van der Waals surface area contributed by atoms with Crippen LogP contribution in [0.3, 0.4) is 0 Å². The van der Waals surface area contributed by atoms with Crippen LogP contribution < -0.4 is 5.32 Å². The van der Waals surface area contributed by atoms with E-state index >= 15 is 0 Å². The molecule has 1 saturated heterocycles. The Labute approximate surface area is 126 Å². The van der Waals surface area contributed by atoms with Gasteiger partial charge in [-0.1, -0.05) is 25.0 Å². The molecule has 1 unspecified atom stereocenters. The molecule has 21 heavy (non-hydrogen) atoms. The van der Waals surface area contributed by atoms with E-state index in [-0.39, 0.29) is 17.8 Å². The fourth-order valence-corrected chi connectivity index (χ4v) is 3.06. The normalized spacial score (nSPS) is 20.0. The van der Waals surface area contributed by atoms with E-state index in [4.69, 9.17) is 0 Å². The molecule has 1 atom stereocenters. The number of carbonyl (C=O) groups is 1. The molecule has 1 aromatic carbocycles. The summed E-state index contributed by atoms with van der Waals surface area (Å²) in [5.41, 5.74) is 1.03. The highest BCUT2D eigenvalue weighted by Gasteiger charge is 2.23. The lowest BCUT2D eigenvalue weighted by Crippen LogP contribution is -2.33. The number of likely N-dealkylation sites (tertiary alicyclic amines) is 1. The van der Waals surface area contributed by atoms with E-state index in [0.717, 1.165) is 31.5 Å². The van der Waals surface area contributed by atoms with Crippen molar-refractivity contribution >= 4 is 5.91 Å². The zero-order chi connectivity index (χ0) is 15.1. The highest BCUT2D eigenvalue weighted by Crippen LogP contribution is 2.30. The van der Waals surface area contributed by atoms with Crippen molar-refractivity contribution in [2.75, 3.05) is 19.6 Å². The third-order valence-electron chi connectivity index (χ3n) is 4.10. The van der Waals surface area contributed by atoms with Crippen LogP contribution in [-0.2, 0) is 4.79 Å². The van der Waals surface area contributed by atoms with Crippen LogP contribution in [0.5, 0.6) is 0 Å². The molecule has 0 radical (unpaired) electrons. The lowest BCUT2D eigenvalue weighted by Gasteiger charge is -2.30. The van der Waals surface area contributed by atoms with E-state index < -0.39 is 0 Å². The average Bonchev–Trinajstić information content (AvgIpc) is 2.71. The van der Waals surface area contributed by atoms with Gasteiger partial charge in [0.05, 0.1) is 0 Å². The molecule has 1 aliphatic heterocycles. The number of hydrogen-bond donors (Lipinski definition) is 1. The van der Waals surface area contributed by atoms with Crippen LogP contribution in [0.15, 0.2) is 24.3 Å². The van der Waals surface area contributed by atoms with Crippen molar-refractivity contribution in [2.45, 2.75) is 45.1 Å². The van der Waals surface area contributed by atoms with Crippen LogP contribution >= 0.6 is 0 Å². The number of nitrogens with one attached hydrogen (secondary N) is 1. The minimum Gasteiger partial charge on any atom is -0.356 e. The summed E-state index contributed by atoms with van der Waals surface area (Å²) in [6.07, 6.45) is 5.09. The maximum absolute atomic E-state index is 13.5. The summed E-state index contributed by atoms with van der Waals surface area (Å²) in [6.45, 7) is 4.33. The Bertz CT molecular complexity index is 464. The predicted molar refractivity (Wildman–Crippen MR) is 82.5 cm³/mol. The predicted octanol–water partition coefficient (Wildman–Crippen LogP) is 3.27. The Hall–Kier alpha value is -1.42. The molecule has 0 aromatic heterocycles. The van der Waals surface area contributed by atoms with Gasteiger partial charge in [0.25, 0.3) is 0 Å². The van der Waals surface area contributed by atoms with Gasteiger partial charge in [-0.25, -0.2) is 4.39 Å². The van der Waals surface area contributed by atoms with Gasteiger partial charge >= 0.3 is 0 Å². The molecule has 4 heteroatoms. The zero-order valence-electron chi connectivity index (χ0n) is 12.8. The van der Waals surface area contributed by atoms with Gasteiger partial charge in [0.1, 0.15) is 5.82 Å². The molecule has 1 heterocycles. The molecule has 0 aliphatic carbocycles. The minimum absolute atomic E-state index is 0.0970. The summed E-state index contributed by atoms with van der Waals surface area (Å²) in [4.78, 5) is 14.0. The van der Waals surface area contributed by atoms with Crippen molar-refractivity contribution in [3.63, 3.8) is 0 Å². The van der Waals surface area contributed by atoms with E-state index in [0.29, 0.717) is 13.0 Å². The Kier molecular flexibility index (Phi) is 6.18. The third kappa shape index (κ3) is 4.81. The largest absolute Gasteiger partial charge is 0.356 e. The fraction of sp³-hybridized carbons (Fsp3) is 0.588. The average molecular weight is 292 g/mol. The van der Waals surface area contributed by atoms with Gasteiger partial charge in [0, 0.05) is 25.6 Å². The topological polar surface area (TPSA) is 32.3 Å². The van der Waals surface area contributed by atoms with Gasteiger partial charge in [-0.2, -0.15) is 0 Å². The first-order valence-electron chi connectivity index (χ1n) is 7.97. The molecular formula is C17H25FN2O. The molecule has 2 rings (SSSR count). The number of rotatable bonds is 5. The van der Waals surface area contributed by atoms with Crippen LogP contribution in [0.1, 0.15) is 50.6 Å². The van der Waals surface area contributed by atoms with Gasteiger partial charge in [-0.15, -0.1) is 0 Å². The van der Waals surface area contributed by atoms with Crippen molar-refractivity contribution in [2.24, 2.45) is 0 Å². The van der Waals surface area contributed by atoms with Crippen LogP contribution in [0, 0.1) is 5.82 Å². The van der Waals surface area contributed by atoms with Gasteiger partial charge in [-0.3, -0.25) is 9.69 Å². The Morgan fingerprint density at radius 1 is 1.38 bits per heavy atom. The monoisotopic (exact) mass is 292 g/mol. The van der Waals surface area contributed by atoms with Gasteiger partial charge in [0.2, 0.25) is 5.91 Å². The van der Waals surface area contributed by atoms with E-state index in [1.165, 1.54) is 18.9 Å². The lowest BCUT2D eigenvalue weighted by molar-refractivity contribution is -0.121. The number of nitrogens with zero attached hydrogens (tertiary/aromatic N) is 1. The Morgan fingerprint density at radius 2 is 2.24 bits per heavy atom. The van der Waals surface area contributed by atoms with Gasteiger partial charge in [-0.05, 0) is 44.0 Å². The van der Waals surface area contributed by atoms with Gasteiger partial charge in [0.15, 0.2) is 0 Å². The molecule has 1 amide bonds. The second kappa shape index (κ2) is 8.13. The fourth-order valence-electron chi connectivity index (χ4n) is 3.06. The molecule has 0 spiro atoms. The molecule has 1 aliphatic rings. The summed E-state index contributed by atoms with van der Waals surface area (Å²) >= 11 is 0. The molecular weight excluding hydrogens is 267 g/mol. The summed E-state index contributed by atoms with van der Waals surface area (Å²) in [5.74, 6) is -0.0832.